The summed E-state index contributed by atoms with van der Waals surface area (Å²) in [5.74, 6) is -0.289. The first-order valence-corrected chi connectivity index (χ1v) is 13.0. The Morgan fingerprint density at radius 3 is 2.41 bits per heavy atom. The molecule has 11 heteroatoms. The molecule has 0 spiro atoms. The van der Waals surface area contributed by atoms with Crippen LogP contribution in [-0.4, -0.2) is 77.8 Å². The van der Waals surface area contributed by atoms with Gasteiger partial charge in [-0.05, 0) is 63.2 Å². The zero-order chi connectivity index (χ0) is 28.7. The standard InChI is InChI=1S/C28H38FN5O5/c1-17(2)30-28(38)33(5)15-25-18(3)14-34(19(4)16-35)26(36)13-20-12-23(10-11-24(20)39-25)32-27(37)31-22-8-6-21(29)7-9-22/h6-12,17-19,25,35H,13-16H2,1-5H3,(H,30,38)(H2,31,32,37)/t18-,19+,25-/m1/s1. The van der Waals surface area contributed by atoms with Gasteiger partial charge in [-0.2, -0.15) is 0 Å². The van der Waals surface area contributed by atoms with Crippen LogP contribution in [0.1, 0.15) is 33.3 Å². The van der Waals surface area contributed by atoms with Crippen LogP contribution in [0.15, 0.2) is 42.5 Å². The lowest BCUT2D eigenvalue weighted by Crippen LogP contribution is -2.49. The summed E-state index contributed by atoms with van der Waals surface area (Å²) in [5, 5.41) is 18.0. The molecule has 3 atom stereocenters. The minimum atomic E-state index is -0.531. The average molecular weight is 544 g/mol. The highest BCUT2D eigenvalue weighted by atomic mass is 19.1. The lowest BCUT2D eigenvalue weighted by Gasteiger charge is -2.34. The Hall–Kier alpha value is -3.86. The van der Waals surface area contributed by atoms with Gasteiger partial charge in [0.05, 0.1) is 25.6 Å². The van der Waals surface area contributed by atoms with E-state index in [9.17, 15) is 23.9 Å². The summed E-state index contributed by atoms with van der Waals surface area (Å²) in [6.45, 7) is 7.90. The molecule has 0 unspecified atom stereocenters. The van der Waals surface area contributed by atoms with Gasteiger partial charge in [0.25, 0.3) is 0 Å². The van der Waals surface area contributed by atoms with Crippen molar-refractivity contribution in [3.63, 3.8) is 0 Å². The first-order valence-electron chi connectivity index (χ1n) is 13.0. The van der Waals surface area contributed by atoms with E-state index >= 15 is 0 Å². The summed E-state index contributed by atoms with van der Waals surface area (Å²) in [5.41, 5.74) is 1.41. The number of hydrogen-bond donors (Lipinski definition) is 4. The second-order valence-corrected chi connectivity index (χ2v) is 10.3. The van der Waals surface area contributed by atoms with E-state index in [1.807, 2.05) is 20.8 Å². The number of aliphatic hydroxyl groups is 1. The monoisotopic (exact) mass is 543 g/mol. The highest BCUT2D eigenvalue weighted by Crippen LogP contribution is 2.29. The number of carbonyl (C=O) groups excluding carboxylic acids is 3. The molecule has 3 rings (SSSR count). The number of anilines is 2. The van der Waals surface area contributed by atoms with Crippen molar-refractivity contribution in [3.8, 4) is 5.75 Å². The quantitative estimate of drug-likeness (QED) is 0.424. The van der Waals surface area contributed by atoms with E-state index in [0.29, 0.717) is 29.2 Å². The van der Waals surface area contributed by atoms with Crippen LogP contribution in [0.25, 0.3) is 0 Å². The molecule has 2 aromatic rings. The Labute approximate surface area is 228 Å². The maximum absolute atomic E-state index is 13.3. The van der Waals surface area contributed by atoms with E-state index < -0.39 is 24.0 Å². The van der Waals surface area contributed by atoms with Gasteiger partial charge >= 0.3 is 12.1 Å². The normalized spacial score (nSPS) is 18.2. The molecule has 2 aromatic carbocycles. The number of amides is 5. The molecule has 1 heterocycles. The van der Waals surface area contributed by atoms with Crippen molar-refractivity contribution in [2.24, 2.45) is 5.92 Å². The summed E-state index contributed by atoms with van der Waals surface area (Å²) in [7, 11) is 1.69. The van der Waals surface area contributed by atoms with Crippen LogP contribution in [0.4, 0.5) is 25.4 Å². The van der Waals surface area contributed by atoms with E-state index in [2.05, 4.69) is 16.0 Å². The van der Waals surface area contributed by atoms with Crippen LogP contribution in [-0.2, 0) is 11.2 Å². The van der Waals surface area contributed by atoms with Gasteiger partial charge in [-0.1, -0.05) is 6.92 Å². The van der Waals surface area contributed by atoms with Crippen molar-refractivity contribution < 1.29 is 28.6 Å². The van der Waals surface area contributed by atoms with Crippen molar-refractivity contribution in [1.82, 2.24) is 15.1 Å². The summed E-state index contributed by atoms with van der Waals surface area (Å²) in [4.78, 5) is 41.6. The summed E-state index contributed by atoms with van der Waals surface area (Å²) < 4.78 is 19.6. The number of hydrogen-bond acceptors (Lipinski definition) is 5. The van der Waals surface area contributed by atoms with Crippen LogP contribution < -0.4 is 20.7 Å². The van der Waals surface area contributed by atoms with Crippen molar-refractivity contribution in [2.45, 2.75) is 52.3 Å². The van der Waals surface area contributed by atoms with Gasteiger partial charge in [-0.3, -0.25) is 4.79 Å². The van der Waals surface area contributed by atoms with Crippen LogP contribution in [0.2, 0.25) is 0 Å². The molecule has 4 N–H and O–H groups in total. The number of ether oxygens (including phenoxy) is 1. The maximum Gasteiger partial charge on any atom is 0.323 e. The summed E-state index contributed by atoms with van der Waals surface area (Å²) in [6.07, 6.45) is -0.454. The molecule has 0 radical (unpaired) electrons. The molecule has 0 saturated carbocycles. The molecule has 10 nitrogen and oxygen atoms in total. The van der Waals surface area contributed by atoms with Gasteiger partial charge in [-0.15, -0.1) is 0 Å². The second-order valence-electron chi connectivity index (χ2n) is 10.3. The molecular formula is C28H38FN5O5. The second kappa shape index (κ2) is 13.3. The number of rotatable bonds is 7. The Morgan fingerprint density at radius 2 is 1.77 bits per heavy atom. The number of fused-ring (bicyclic) bond motifs is 1. The summed E-state index contributed by atoms with van der Waals surface area (Å²) >= 11 is 0. The van der Waals surface area contributed by atoms with Gasteiger partial charge in [0.1, 0.15) is 17.7 Å². The van der Waals surface area contributed by atoms with Gasteiger partial charge < -0.3 is 35.6 Å². The van der Waals surface area contributed by atoms with Crippen LogP contribution in [0, 0.1) is 11.7 Å². The van der Waals surface area contributed by atoms with Crippen molar-refractivity contribution >= 4 is 29.3 Å². The predicted molar refractivity (Wildman–Crippen MR) is 147 cm³/mol. The van der Waals surface area contributed by atoms with Gasteiger partial charge in [0, 0.05) is 42.5 Å². The van der Waals surface area contributed by atoms with Crippen molar-refractivity contribution in [1.29, 1.82) is 0 Å². The molecule has 39 heavy (non-hydrogen) atoms. The SMILES string of the molecule is CC(C)NC(=O)N(C)C[C@H]1Oc2ccc(NC(=O)Nc3ccc(F)cc3)cc2CC(=O)N([C@@H](C)CO)C[C@H]1C. The fraction of sp³-hybridized carbons (Fsp3) is 0.464. The van der Waals surface area contributed by atoms with Gasteiger partial charge in [0.2, 0.25) is 5.91 Å². The third-order valence-electron chi connectivity index (χ3n) is 6.49. The number of urea groups is 2. The topological polar surface area (TPSA) is 123 Å². The van der Waals surface area contributed by atoms with Crippen molar-refractivity contribution in [2.75, 3.05) is 37.4 Å². The molecule has 1 aliphatic rings. The van der Waals surface area contributed by atoms with Crippen molar-refractivity contribution in [3.05, 3.63) is 53.8 Å². The molecule has 0 aromatic heterocycles. The van der Waals surface area contributed by atoms with Gasteiger partial charge in [-0.25, -0.2) is 14.0 Å². The Bertz CT molecular complexity index is 1160. The Kier molecular flexibility index (Phi) is 10.1. The average Bonchev–Trinajstić information content (AvgIpc) is 2.92. The molecular weight excluding hydrogens is 505 g/mol. The zero-order valence-corrected chi connectivity index (χ0v) is 23.0. The highest BCUT2D eigenvalue weighted by molar-refractivity contribution is 6.00. The molecule has 0 fully saturated rings. The van der Waals surface area contributed by atoms with E-state index in [1.165, 1.54) is 24.3 Å². The number of carbonyl (C=O) groups is 3. The molecule has 0 saturated heterocycles. The predicted octanol–water partition coefficient (Wildman–Crippen LogP) is 3.67. The minimum absolute atomic E-state index is 0.00209. The first-order chi connectivity index (χ1) is 18.5. The number of aliphatic hydroxyl groups excluding tert-OH is 1. The molecule has 0 bridgehead atoms. The molecule has 1 aliphatic heterocycles. The fourth-order valence-corrected chi connectivity index (χ4v) is 4.26. The summed E-state index contributed by atoms with van der Waals surface area (Å²) in [6, 6.07) is 9.20. The van der Waals surface area contributed by atoms with E-state index in [-0.39, 0.29) is 43.5 Å². The van der Waals surface area contributed by atoms with Crippen LogP contribution >= 0.6 is 0 Å². The molecule has 5 amide bonds. The molecule has 0 aliphatic carbocycles. The Morgan fingerprint density at radius 1 is 1.13 bits per heavy atom. The van der Waals surface area contributed by atoms with Crippen LogP contribution in [0.5, 0.6) is 5.75 Å². The number of nitrogens with zero attached hydrogens (tertiary/aromatic N) is 2. The number of likely N-dealkylation sites (N-methyl/N-ethyl adjacent to an activating group) is 1. The lowest BCUT2D eigenvalue weighted by atomic mass is 10.0. The van der Waals surface area contributed by atoms with Crippen LogP contribution in [0.3, 0.4) is 0 Å². The van der Waals surface area contributed by atoms with E-state index in [0.717, 1.165) is 0 Å². The lowest BCUT2D eigenvalue weighted by molar-refractivity contribution is -0.134. The van der Waals surface area contributed by atoms with E-state index in [1.54, 1.807) is 42.0 Å². The number of benzene rings is 2. The van der Waals surface area contributed by atoms with E-state index in [4.69, 9.17) is 4.74 Å². The minimum Gasteiger partial charge on any atom is -0.488 e. The largest absolute Gasteiger partial charge is 0.488 e. The zero-order valence-electron chi connectivity index (χ0n) is 23.0. The first kappa shape index (κ1) is 29.7. The third kappa shape index (κ3) is 8.31. The smallest absolute Gasteiger partial charge is 0.323 e. The molecule has 212 valence electrons. The maximum atomic E-state index is 13.3. The fourth-order valence-electron chi connectivity index (χ4n) is 4.26. The Balaban J connectivity index is 1.86. The third-order valence-corrected chi connectivity index (χ3v) is 6.49. The van der Waals surface area contributed by atoms with Gasteiger partial charge in [0.15, 0.2) is 0 Å². The number of halogens is 1. The highest BCUT2D eigenvalue weighted by Gasteiger charge is 2.32. The number of nitrogens with one attached hydrogen (secondary N) is 3.